The Morgan fingerprint density at radius 1 is 0.696 bits per heavy atom. The molecule has 0 aliphatic carbocycles. The number of benzene rings is 1. The van der Waals surface area contributed by atoms with Crippen LogP contribution in [0.5, 0.6) is 5.75 Å². The van der Waals surface area contributed by atoms with E-state index in [9.17, 15) is 33.6 Å². The summed E-state index contributed by atoms with van der Waals surface area (Å²) in [5.74, 6) is 0.551. The van der Waals surface area contributed by atoms with Gasteiger partial charge in [-0.2, -0.15) is 0 Å². The summed E-state index contributed by atoms with van der Waals surface area (Å²) in [5.41, 5.74) is 16.9. The molecule has 7 amide bonds. The number of amides is 7. The third kappa shape index (κ3) is 21.1. The number of ether oxygens (including phenoxy) is 2. The molecule has 0 aliphatic heterocycles. The first kappa shape index (κ1) is 59.9. The van der Waals surface area contributed by atoms with E-state index in [1.54, 1.807) is 20.8 Å². The van der Waals surface area contributed by atoms with Crippen LogP contribution in [0.1, 0.15) is 129 Å². The first-order valence-electron chi connectivity index (χ1n) is 22.8. The highest BCUT2D eigenvalue weighted by Crippen LogP contribution is 2.28. The number of carbonyl (C=O) groups excluding carboxylic acids is 7. The maximum Gasteiger partial charge on any atom is 0.410 e. The molecule has 0 aliphatic rings. The van der Waals surface area contributed by atoms with Gasteiger partial charge in [0.15, 0.2) is 0 Å². The van der Waals surface area contributed by atoms with Crippen molar-refractivity contribution in [1.29, 1.82) is 0 Å². The third-order valence-electron chi connectivity index (χ3n) is 10.4. The molecule has 22 heteroatoms. The van der Waals surface area contributed by atoms with E-state index in [-0.39, 0.29) is 73.0 Å². The standard InChI is InChI=1S/C47H71N13O9/c1-14-31-26-33(27-32(15-2)39(31)68-13)38(45(66)56-36(24-28(3)4)43(64)54-34(41(62)50-11)20-16-18-22-51-58-48)57-40(61)30(7)53-42(63)35(21-17-19-23-52-59-49)55-44(65)37(25-29(5)6)60(12)46(67)69-47(8,9)10/h1-2,26-30,34-38H,16-25H2,3-13H3,(H,50,62)(H,53,63)(H,54,64)(H,55,65)(H,56,66)(H,57,61)/t30-,34-,35+,36+,37+,38+/m0/s1. The lowest BCUT2D eigenvalue weighted by Gasteiger charge is -2.32. The molecule has 0 aromatic heterocycles. The first-order valence-corrected chi connectivity index (χ1v) is 22.8. The Morgan fingerprint density at radius 3 is 1.62 bits per heavy atom. The van der Waals surface area contributed by atoms with Crippen LogP contribution in [-0.2, 0) is 33.5 Å². The van der Waals surface area contributed by atoms with Gasteiger partial charge in [-0.05, 0) is 107 Å². The van der Waals surface area contributed by atoms with Crippen molar-refractivity contribution in [2.75, 3.05) is 34.3 Å². The van der Waals surface area contributed by atoms with Crippen molar-refractivity contribution in [3.63, 3.8) is 0 Å². The molecule has 0 bridgehead atoms. The van der Waals surface area contributed by atoms with E-state index >= 15 is 0 Å². The van der Waals surface area contributed by atoms with Crippen molar-refractivity contribution >= 4 is 41.5 Å². The summed E-state index contributed by atoms with van der Waals surface area (Å²) < 4.78 is 10.9. The van der Waals surface area contributed by atoms with Crippen LogP contribution in [0.2, 0.25) is 0 Å². The zero-order valence-electron chi connectivity index (χ0n) is 41.8. The van der Waals surface area contributed by atoms with E-state index in [1.165, 1.54) is 45.2 Å². The van der Waals surface area contributed by atoms with Crippen molar-refractivity contribution in [3.05, 3.63) is 49.7 Å². The fourth-order valence-corrected chi connectivity index (χ4v) is 6.91. The van der Waals surface area contributed by atoms with Crippen LogP contribution in [0.25, 0.3) is 20.9 Å². The second-order valence-electron chi connectivity index (χ2n) is 18.2. The van der Waals surface area contributed by atoms with Crippen LogP contribution in [0, 0.1) is 36.5 Å². The lowest BCUT2D eigenvalue weighted by atomic mass is 9.97. The highest BCUT2D eigenvalue weighted by molar-refractivity contribution is 5.97. The van der Waals surface area contributed by atoms with E-state index in [1.807, 2.05) is 27.7 Å². The van der Waals surface area contributed by atoms with Crippen molar-refractivity contribution in [1.82, 2.24) is 36.8 Å². The van der Waals surface area contributed by atoms with Gasteiger partial charge in [0.1, 0.15) is 47.6 Å². The average Bonchev–Trinajstić information content (AvgIpc) is 3.28. The molecule has 6 atom stereocenters. The van der Waals surface area contributed by atoms with Gasteiger partial charge in [0.05, 0.1) is 18.2 Å². The number of nitrogens with one attached hydrogen (secondary N) is 6. The summed E-state index contributed by atoms with van der Waals surface area (Å²) in [5, 5.41) is 23.0. The topological polar surface area (TPSA) is 311 Å². The average molecular weight is 962 g/mol. The quantitative estimate of drug-likeness (QED) is 0.0220. The predicted molar refractivity (Wildman–Crippen MR) is 260 cm³/mol. The highest BCUT2D eigenvalue weighted by atomic mass is 16.6. The van der Waals surface area contributed by atoms with E-state index in [4.69, 9.17) is 33.4 Å². The van der Waals surface area contributed by atoms with E-state index in [0.29, 0.717) is 25.7 Å². The van der Waals surface area contributed by atoms with Gasteiger partial charge in [-0.3, -0.25) is 33.7 Å². The number of terminal acetylenes is 2. The van der Waals surface area contributed by atoms with Crippen molar-refractivity contribution in [2.45, 2.75) is 149 Å². The Hall–Kier alpha value is -7.15. The van der Waals surface area contributed by atoms with Crippen LogP contribution in [0.3, 0.4) is 0 Å². The highest BCUT2D eigenvalue weighted by Gasteiger charge is 2.36. The largest absolute Gasteiger partial charge is 0.494 e. The maximum absolute atomic E-state index is 14.5. The number of methoxy groups -OCH3 is 1. The van der Waals surface area contributed by atoms with Crippen molar-refractivity contribution < 1.29 is 43.0 Å². The molecule has 0 saturated heterocycles. The van der Waals surface area contributed by atoms with Crippen LogP contribution in [0.4, 0.5) is 4.79 Å². The summed E-state index contributed by atoms with van der Waals surface area (Å²) >= 11 is 0. The van der Waals surface area contributed by atoms with E-state index < -0.39 is 83.4 Å². The number of carbonyl (C=O) groups is 7. The van der Waals surface area contributed by atoms with Gasteiger partial charge in [0.25, 0.3) is 0 Å². The second kappa shape index (κ2) is 30.3. The minimum absolute atomic E-state index is 0.0494. The summed E-state index contributed by atoms with van der Waals surface area (Å²) in [6, 6.07) is -4.63. The Bertz CT molecular complexity index is 2100. The van der Waals surface area contributed by atoms with E-state index in [0.717, 1.165) is 0 Å². The van der Waals surface area contributed by atoms with Crippen LogP contribution in [0.15, 0.2) is 22.4 Å². The number of hydrogen-bond donors (Lipinski definition) is 6. The molecule has 0 heterocycles. The number of likely N-dealkylation sites (N-methyl/N-ethyl adjacent to an activating group) is 2. The van der Waals surface area contributed by atoms with E-state index in [2.05, 4.69) is 63.8 Å². The number of unbranched alkanes of at least 4 members (excludes halogenated alkanes) is 2. The SMILES string of the molecule is C#Cc1cc([C@@H](NC(=O)[C@H](C)NC(=O)[C@@H](CCCCN=[N+]=[N-])NC(=O)[C@@H](CC(C)C)N(C)C(=O)OC(C)(C)C)C(=O)N[C@H](CC(C)C)C(=O)N[C@@H](CCCCN=[N+]=[N-])C(=O)NC)cc(C#C)c1OC. The van der Waals surface area contributed by atoms with Gasteiger partial charge in [-0.15, -0.1) is 12.8 Å². The summed E-state index contributed by atoms with van der Waals surface area (Å²) in [7, 11) is 4.19. The van der Waals surface area contributed by atoms with Crippen LogP contribution < -0.4 is 36.6 Å². The van der Waals surface area contributed by atoms with Gasteiger partial charge < -0.3 is 41.4 Å². The third-order valence-corrected chi connectivity index (χ3v) is 10.4. The van der Waals surface area contributed by atoms with Gasteiger partial charge in [0, 0.05) is 37.0 Å². The molecule has 6 N–H and O–H groups in total. The monoisotopic (exact) mass is 962 g/mol. The molecule has 0 spiro atoms. The molecule has 1 aromatic carbocycles. The summed E-state index contributed by atoms with van der Waals surface area (Å²) in [6.45, 7) is 14.1. The lowest BCUT2D eigenvalue weighted by Crippen LogP contribution is -2.58. The first-order chi connectivity index (χ1) is 32.5. The molecule has 0 radical (unpaired) electrons. The van der Waals surface area contributed by atoms with Crippen LogP contribution in [-0.4, -0.2) is 117 Å². The molecule has 22 nitrogen and oxygen atoms in total. The Kier molecular flexibility index (Phi) is 26.3. The maximum atomic E-state index is 14.5. The molecule has 1 rings (SSSR count). The molecular formula is C47H71N13O9. The van der Waals surface area contributed by atoms with Gasteiger partial charge in [-0.1, -0.05) is 62.6 Å². The smallest absolute Gasteiger partial charge is 0.410 e. The Labute approximate surface area is 405 Å². The summed E-state index contributed by atoms with van der Waals surface area (Å²) in [4.78, 5) is 103. The number of rotatable bonds is 28. The fourth-order valence-electron chi connectivity index (χ4n) is 6.91. The van der Waals surface area contributed by atoms with Gasteiger partial charge in [0.2, 0.25) is 35.4 Å². The summed E-state index contributed by atoms with van der Waals surface area (Å²) in [6.07, 6.45) is 13.0. The molecule has 0 fully saturated rings. The van der Waals surface area contributed by atoms with Crippen molar-refractivity contribution in [3.8, 4) is 30.4 Å². The molecular weight excluding hydrogens is 891 g/mol. The molecule has 0 unspecified atom stereocenters. The minimum Gasteiger partial charge on any atom is -0.494 e. The number of azide groups is 2. The Morgan fingerprint density at radius 2 is 1.17 bits per heavy atom. The van der Waals surface area contributed by atoms with Crippen molar-refractivity contribution in [2.24, 2.45) is 22.1 Å². The van der Waals surface area contributed by atoms with Gasteiger partial charge in [-0.25, -0.2) is 4.79 Å². The molecule has 1 aromatic rings. The molecule has 0 saturated carbocycles. The van der Waals surface area contributed by atoms with Crippen LogP contribution >= 0.6 is 0 Å². The fraction of sp³-hybridized carbons (Fsp3) is 0.638. The lowest BCUT2D eigenvalue weighted by molar-refractivity contribution is -0.135. The Balaban J connectivity index is 3.68. The zero-order chi connectivity index (χ0) is 52.4. The predicted octanol–water partition coefficient (Wildman–Crippen LogP) is 4.81. The minimum atomic E-state index is -1.59. The molecule has 378 valence electrons. The second-order valence-corrected chi connectivity index (χ2v) is 18.2. The zero-order valence-corrected chi connectivity index (χ0v) is 41.8. The number of hydrogen-bond acceptors (Lipinski definition) is 11. The van der Waals surface area contributed by atoms with Gasteiger partial charge >= 0.3 is 6.09 Å². The molecule has 69 heavy (non-hydrogen) atoms. The number of nitrogens with zero attached hydrogens (tertiary/aromatic N) is 7. The normalized spacial score (nSPS) is 13.4.